The highest BCUT2D eigenvalue weighted by atomic mass is 32.2. The van der Waals surface area contributed by atoms with E-state index >= 15 is 0 Å². The minimum atomic E-state index is -1.32. The maximum atomic E-state index is 12.7. The molecule has 2 nitrogen and oxygen atoms in total. The number of hydrogen-bond donors (Lipinski definition) is 0. The molecule has 2 rings (SSSR count). The molecule has 0 saturated heterocycles. The molecule has 0 spiro atoms. The highest BCUT2D eigenvalue weighted by Gasteiger charge is 2.28. The van der Waals surface area contributed by atoms with Gasteiger partial charge in [-0.2, -0.15) is 0 Å². The van der Waals surface area contributed by atoms with Crippen LogP contribution in [0.5, 0.6) is 0 Å². The zero-order valence-electron chi connectivity index (χ0n) is 8.82. The minimum absolute atomic E-state index is 0.0777. The molecule has 0 aromatic heterocycles. The van der Waals surface area contributed by atoms with Crippen LogP contribution in [0.3, 0.4) is 0 Å². The number of carbonyl (C=O) groups is 1. The van der Waals surface area contributed by atoms with Gasteiger partial charge >= 0.3 is 0 Å². The van der Waals surface area contributed by atoms with Crippen LogP contribution in [-0.4, -0.2) is 15.2 Å². The van der Waals surface area contributed by atoms with Gasteiger partial charge in [0.2, 0.25) is 0 Å². The summed E-state index contributed by atoms with van der Waals surface area (Å²) < 4.78 is 24.8. The van der Waals surface area contributed by atoms with Crippen molar-refractivity contribution in [1.82, 2.24) is 0 Å². The number of rotatable bonds is 2. The molecule has 0 amide bonds. The van der Waals surface area contributed by atoms with E-state index in [2.05, 4.69) is 0 Å². The molecule has 0 bridgehead atoms. The summed E-state index contributed by atoms with van der Waals surface area (Å²) in [6.45, 7) is 0. The van der Waals surface area contributed by atoms with E-state index in [4.69, 9.17) is 0 Å². The molecule has 86 valence electrons. The molecule has 0 heterocycles. The summed E-state index contributed by atoms with van der Waals surface area (Å²) >= 11 is 0. The Morgan fingerprint density at radius 3 is 2.50 bits per heavy atom. The zero-order valence-corrected chi connectivity index (χ0v) is 9.63. The van der Waals surface area contributed by atoms with Crippen molar-refractivity contribution in [1.29, 1.82) is 0 Å². The first kappa shape index (κ1) is 11.5. The van der Waals surface area contributed by atoms with Crippen LogP contribution in [-0.2, 0) is 15.6 Å². The van der Waals surface area contributed by atoms with Crippen molar-refractivity contribution in [2.45, 2.75) is 35.8 Å². The number of halogens is 1. The van der Waals surface area contributed by atoms with Crippen LogP contribution in [0.25, 0.3) is 0 Å². The van der Waals surface area contributed by atoms with E-state index in [0.717, 1.165) is 12.8 Å². The predicted octanol–water partition coefficient (Wildman–Crippen LogP) is 2.45. The third-order valence-electron chi connectivity index (χ3n) is 2.80. The molecule has 1 fully saturated rings. The van der Waals surface area contributed by atoms with Gasteiger partial charge in [-0.15, -0.1) is 0 Å². The van der Waals surface area contributed by atoms with Crippen molar-refractivity contribution in [3.8, 4) is 0 Å². The fraction of sp³-hybridized carbons (Fsp3) is 0.417. The van der Waals surface area contributed by atoms with Crippen LogP contribution in [0.1, 0.15) is 25.7 Å². The summed E-state index contributed by atoms with van der Waals surface area (Å²) in [7, 11) is -1.32. The molecule has 1 aromatic carbocycles. The normalized spacial score (nSPS) is 23.1. The Labute approximate surface area is 96.3 Å². The van der Waals surface area contributed by atoms with E-state index in [0.29, 0.717) is 17.7 Å². The summed E-state index contributed by atoms with van der Waals surface area (Å²) in [5.74, 6) is -0.273. The van der Waals surface area contributed by atoms with Crippen molar-refractivity contribution in [3.05, 3.63) is 30.1 Å². The van der Waals surface area contributed by atoms with E-state index in [1.807, 2.05) is 0 Å². The first-order valence-electron chi connectivity index (χ1n) is 5.37. The van der Waals surface area contributed by atoms with Crippen LogP contribution in [0, 0.1) is 5.82 Å². The molecule has 2 unspecified atom stereocenters. The van der Waals surface area contributed by atoms with Gasteiger partial charge in [-0.3, -0.25) is 9.00 Å². The molecule has 2 atom stereocenters. The fourth-order valence-electron chi connectivity index (χ4n) is 1.91. The monoisotopic (exact) mass is 240 g/mol. The predicted molar refractivity (Wildman–Crippen MR) is 60.1 cm³/mol. The Bertz CT molecular complexity index is 414. The van der Waals surface area contributed by atoms with Crippen LogP contribution < -0.4 is 0 Å². The van der Waals surface area contributed by atoms with Crippen molar-refractivity contribution in [2.24, 2.45) is 0 Å². The number of ketones is 1. The molecule has 0 N–H and O–H groups in total. The Kier molecular flexibility index (Phi) is 3.49. The molecule has 16 heavy (non-hydrogen) atoms. The highest BCUT2D eigenvalue weighted by Crippen LogP contribution is 2.23. The Hall–Kier alpha value is -1.03. The fourth-order valence-corrected chi connectivity index (χ4v) is 3.38. The van der Waals surface area contributed by atoms with Gasteiger partial charge in [-0.25, -0.2) is 4.39 Å². The van der Waals surface area contributed by atoms with Gasteiger partial charge in [0.1, 0.15) is 11.6 Å². The van der Waals surface area contributed by atoms with Crippen molar-refractivity contribution < 1.29 is 13.4 Å². The molecule has 1 saturated carbocycles. The summed E-state index contributed by atoms with van der Waals surface area (Å²) in [5.41, 5.74) is 0. The summed E-state index contributed by atoms with van der Waals surface area (Å²) in [5, 5.41) is -0.390. The maximum absolute atomic E-state index is 12.7. The summed E-state index contributed by atoms with van der Waals surface area (Å²) in [6.07, 6.45) is 3.06. The molecular weight excluding hydrogens is 227 g/mol. The van der Waals surface area contributed by atoms with Gasteiger partial charge in [0, 0.05) is 11.3 Å². The quantitative estimate of drug-likeness (QED) is 0.795. The Morgan fingerprint density at radius 1 is 1.19 bits per heavy atom. The van der Waals surface area contributed by atoms with E-state index in [1.165, 1.54) is 24.3 Å². The van der Waals surface area contributed by atoms with Gasteiger partial charge in [-0.05, 0) is 37.1 Å². The van der Waals surface area contributed by atoms with Gasteiger partial charge in [0.15, 0.2) is 0 Å². The zero-order chi connectivity index (χ0) is 11.5. The second kappa shape index (κ2) is 4.87. The number of carbonyl (C=O) groups excluding carboxylic acids is 1. The average Bonchev–Trinajstić information content (AvgIpc) is 2.30. The second-order valence-corrected chi connectivity index (χ2v) is 5.59. The first-order valence-corrected chi connectivity index (χ1v) is 6.58. The molecule has 0 radical (unpaired) electrons. The lowest BCUT2D eigenvalue weighted by Crippen LogP contribution is -2.29. The van der Waals surface area contributed by atoms with E-state index in [-0.39, 0.29) is 16.9 Å². The molecule has 1 aliphatic carbocycles. The van der Waals surface area contributed by atoms with Gasteiger partial charge in [0.05, 0.1) is 16.0 Å². The van der Waals surface area contributed by atoms with Gasteiger partial charge < -0.3 is 0 Å². The third kappa shape index (κ3) is 2.38. The van der Waals surface area contributed by atoms with Crippen LogP contribution in [0.15, 0.2) is 29.2 Å². The summed E-state index contributed by atoms with van der Waals surface area (Å²) in [6, 6.07) is 5.54. The van der Waals surface area contributed by atoms with Crippen LogP contribution >= 0.6 is 0 Å². The van der Waals surface area contributed by atoms with Gasteiger partial charge in [-0.1, -0.05) is 6.42 Å². The maximum Gasteiger partial charge on any atom is 0.148 e. The Morgan fingerprint density at radius 2 is 1.88 bits per heavy atom. The third-order valence-corrected chi connectivity index (χ3v) is 4.56. The number of benzene rings is 1. The van der Waals surface area contributed by atoms with Gasteiger partial charge in [0.25, 0.3) is 0 Å². The van der Waals surface area contributed by atoms with Crippen molar-refractivity contribution in [3.63, 3.8) is 0 Å². The minimum Gasteiger partial charge on any atom is -0.298 e. The number of hydrogen-bond acceptors (Lipinski definition) is 2. The lowest BCUT2D eigenvalue weighted by molar-refractivity contribution is -0.119. The van der Waals surface area contributed by atoms with Crippen molar-refractivity contribution in [2.75, 3.05) is 0 Å². The molecule has 1 aliphatic rings. The highest BCUT2D eigenvalue weighted by molar-refractivity contribution is 7.86. The molecule has 0 aliphatic heterocycles. The number of Topliss-reactive ketones (excluding diaryl/α,β-unsaturated/α-hetero) is 1. The molecule has 4 heteroatoms. The standard InChI is InChI=1S/C12H13FO2S/c13-9-5-7-10(8-6-9)16(15)12-4-2-1-3-11(12)14/h5-8,12H,1-4H2. The lowest BCUT2D eigenvalue weighted by Gasteiger charge is -2.19. The Balaban J connectivity index is 2.17. The SMILES string of the molecule is O=C1CCCCC1S(=O)c1ccc(F)cc1. The van der Waals surface area contributed by atoms with Crippen LogP contribution in [0.4, 0.5) is 4.39 Å². The molecule has 1 aromatic rings. The molecular formula is C12H13FO2S. The largest absolute Gasteiger partial charge is 0.298 e. The van der Waals surface area contributed by atoms with Crippen LogP contribution in [0.2, 0.25) is 0 Å². The lowest BCUT2D eigenvalue weighted by atomic mass is 9.99. The topological polar surface area (TPSA) is 34.1 Å². The van der Waals surface area contributed by atoms with E-state index < -0.39 is 10.8 Å². The van der Waals surface area contributed by atoms with E-state index in [9.17, 15) is 13.4 Å². The average molecular weight is 240 g/mol. The second-order valence-electron chi connectivity index (χ2n) is 3.95. The van der Waals surface area contributed by atoms with Crippen molar-refractivity contribution >= 4 is 16.6 Å². The smallest absolute Gasteiger partial charge is 0.148 e. The first-order chi connectivity index (χ1) is 7.68. The summed E-state index contributed by atoms with van der Waals surface area (Å²) in [4.78, 5) is 12.2. The van der Waals surface area contributed by atoms with E-state index in [1.54, 1.807) is 0 Å².